The highest BCUT2D eigenvalue weighted by Crippen LogP contribution is 2.28. The van der Waals surface area contributed by atoms with E-state index in [1.807, 2.05) is 12.1 Å². The molecular weight excluding hydrogens is 272 g/mol. The quantitative estimate of drug-likeness (QED) is 0.887. The maximum Gasteiger partial charge on any atom is 0.230 e. The topological polar surface area (TPSA) is 50.4 Å². The lowest BCUT2D eigenvalue weighted by atomic mass is 10.0. The van der Waals surface area contributed by atoms with Gasteiger partial charge in [0.15, 0.2) is 0 Å². The van der Waals surface area contributed by atoms with Crippen LogP contribution in [-0.2, 0) is 4.79 Å². The average Bonchev–Trinajstić information content (AvgIpc) is 2.18. The van der Waals surface area contributed by atoms with E-state index in [9.17, 15) is 4.79 Å². The number of benzene rings is 1. The van der Waals surface area contributed by atoms with Crippen molar-refractivity contribution in [2.24, 2.45) is 5.92 Å². The molecule has 1 aliphatic rings. The fourth-order valence-electron chi connectivity index (χ4n) is 1.46. The summed E-state index contributed by atoms with van der Waals surface area (Å²) in [5.41, 5.74) is 0.761. The Morgan fingerprint density at radius 2 is 2.31 bits per heavy atom. The predicted molar refractivity (Wildman–Crippen MR) is 65.7 cm³/mol. The van der Waals surface area contributed by atoms with Crippen molar-refractivity contribution in [3.05, 3.63) is 22.7 Å². The molecule has 1 saturated heterocycles. The fraction of sp³-hybridized carbons (Fsp3) is 0.364. The van der Waals surface area contributed by atoms with E-state index in [4.69, 9.17) is 4.74 Å². The number of carbonyl (C=O) groups excluding carboxylic acids is 1. The molecule has 1 aromatic carbocycles. The second-order valence-corrected chi connectivity index (χ2v) is 4.55. The van der Waals surface area contributed by atoms with E-state index < -0.39 is 0 Å². The van der Waals surface area contributed by atoms with Crippen molar-refractivity contribution in [2.75, 3.05) is 25.5 Å². The maximum atomic E-state index is 11.7. The van der Waals surface area contributed by atoms with Gasteiger partial charge in [0.05, 0.1) is 17.5 Å². The molecule has 1 heterocycles. The molecule has 0 saturated carbocycles. The number of anilines is 1. The first-order valence-corrected chi connectivity index (χ1v) is 5.85. The number of ether oxygens (including phenoxy) is 1. The number of hydrogen-bond donors (Lipinski definition) is 2. The van der Waals surface area contributed by atoms with Gasteiger partial charge in [-0.25, -0.2) is 0 Å². The van der Waals surface area contributed by atoms with Crippen LogP contribution in [-0.4, -0.2) is 26.1 Å². The van der Waals surface area contributed by atoms with Gasteiger partial charge < -0.3 is 15.4 Å². The van der Waals surface area contributed by atoms with Gasteiger partial charge in [0, 0.05) is 24.8 Å². The third-order valence-electron chi connectivity index (χ3n) is 2.57. The number of carbonyl (C=O) groups is 1. The molecule has 86 valence electrons. The van der Waals surface area contributed by atoms with Crippen molar-refractivity contribution in [2.45, 2.75) is 0 Å². The van der Waals surface area contributed by atoms with Crippen molar-refractivity contribution >= 4 is 27.5 Å². The Morgan fingerprint density at radius 1 is 1.56 bits per heavy atom. The molecule has 1 amide bonds. The van der Waals surface area contributed by atoms with E-state index in [0.29, 0.717) is 5.75 Å². The number of halogens is 1. The van der Waals surface area contributed by atoms with Crippen molar-refractivity contribution in [1.29, 1.82) is 0 Å². The summed E-state index contributed by atoms with van der Waals surface area (Å²) in [7, 11) is 1.60. The van der Waals surface area contributed by atoms with Gasteiger partial charge in [-0.05, 0) is 28.1 Å². The molecule has 1 aromatic rings. The molecule has 0 aromatic heterocycles. The summed E-state index contributed by atoms with van der Waals surface area (Å²) >= 11 is 3.36. The molecule has 0 atom stereocenters. The van der Waals surface area contributed by atoms with Crippen LogP contribution in [0.1, 0.15) is 0 Å². The number of amides is 1. The maximum absolute atomic E-state index is 11.7. The van der Waals surface area contributed by atoms with Crippen LogP contribution in [0.4, 0.5) is 5.69 Å². The summed E-state index contributed by atoms with van der Waals surface area (Å²) in [6, 6.07) is 5.50. The van der Waals surface area contributed by atoms with Gasteiger partial charge in [-0.15, -0.1) is 0 Å². The first-order valence-electron chi connectivity index (χ1n) is 5.06. The molecule has 5 heteroatoms. The predicted octanol–water partition coefficient (Wildman–Crippen LogP) is 1.62. The first-order chi connectivity index (χ1) is 7.70. The Morgan fingerprint density at radius 3 is 2.88 bits per heavy atom. The smallest absolute Gasteiger partial charge is 0.230 e. The largest absolute Gasteiger partial charge is 0.495 e. The minimum Gasteiger partial charge on any atom is -0.495 e. The zero-order valence-electron chi connectivity index (χ0n) is 8.92. The van der Waals surface area contributed by atoms with E-state index in [1.54, 1.807) is 13.2 Å². The lowest BCUT2D eigenvalue weighted by Crippen LogP contribution is -2.48. The van der Waals surface area contributed by atoms with Crippen LogP contribution in [0.2, 0.25) is 0 Å². The summed E-state index contributed by atoms with van der Waals surface area (Å²) in [6.07, 6.45) is 0. The van der Waals surface area contributed by atoms with Gasteiger partial charge in [-0.2, -0.15) is 0 Å². The molecule has 0 bridgehead atoms. The second kappa shape index (κ2) is 4.84. The van der Waals surface area contributed by atoms with Crippen molar-refractivity contribution in [3.8, 4) is 5.75 Å². The van der Waals surface area contributed by atoms with Gasteiger partial charge in [0.25, 0.3) is 0 Å². The van der Waals surface area contributed by atoms with Gasteiger partial charge in [0.1, 0.15) is 5.75 Å². The van der Waals surface area contributed by atoms with E-state index in [1.165, 1.54) is 0 Å². The van der Waals surface area contributed by atoms with Crippen LogP contribution < -0.4 is 15.4 Å². The Hall–Kier alpha value is -1.07. The minimum absolute atomic E-state index is 0.0584. The Kier molecular flexibility index (Phi) is 3.46. The van der Waals surface area contributed by atoms with Crippen LogP contribution in [0.25, 0.3) is 0 Å². The summed E-state index contributed by atoms with van der Waals surface area (Å²) in [6.45, 7) is 1.53. The van der Waals surface area contributed by atoms with E-state index in [-0.39, 0.29) is 11.8 Å². The Bertz CT molecular complexity index is 405. The van der Waals surface area contributed by atoms with E-state index in [0.717, 1.165) is 23.2 Å². The van der Waals surface area contributed by atoms with Gasteiger partial charge in [-0.1, -0.05) is 0 Å². The Balaban J connectivity index is 2.06. The third kappa shape index (κ3) is 2.36. The second-order valence-electron chi connectivity index (χ2n) is 3.69. The summed E-state index contributed by atoms with van der Waals surface area (Å²) < 4.78 is 6.03. The molecular formula is C11H13BrN2O2. The highest BCUT2D eigenvalue weighted by Gasteiger charge is 2.24. The molecule has 0 radical (unpaired) electrons. The van der Waals surface area contributed by atoms with Crippen LogP contribution in [0.15, 0.2) is 22.7 Å². The normalized spacial score (nSPS) is 15.4. The van der Waals surface area contributed by atoms with E-state index in [2.05, 4.69) is 26.6 Å². The number of hydrogen-bond acceptors (Lipinski definition) is 3. The SMILES string of the molecule is COc1cc(NC(=O)C2CNC2)ccc1Br. The molecule has 2 N–H and O–H groups in total. The zero-order valence-corrected chi connectivity index (χ0v) is 10.5. The summed E-state index contributed by atoms with van der Waals surface area (Å²) in [5.74, 6) is 0.863. The highest BCUT2D eigenvalue weighted by molar-refractivity contribution is 9.10. The lowest BCUT2D eigenvalue weighted by Gasteiger charge is -2.25. The monoisotopic (exact) mass is 284 g/mol. The molecule has 16 heavy (non-hydrogen) atoms. The van der Waals surface area contributed by atoms with Gasteiger partial charge >= 0.3 is 0 Å². The third-order valence-corrected chi connectivity index (χ3v) is 3.23. The number of methoxy groups -OCH3 is 1. The summed E-state index contributed by atoms with van der Waals surface area (Å²) in [5, 5.41) is 5.93. The van der Waals surface area contributed by atoms with Crippen LogP contribution in [0.3, 0.4) is 0 Å². The highest BCUT2D eigenvalue weighted by atomic mass is 79.9. The molecule has 2 rings (SSSR count). The standard InChI is InChI=1S/C11H13BrN2O2/c1-16-10-4-8(2-3-9(10)12)14-11(15)7-5-13-6-7/h2-4,7,13H,5-6H2,1H3,(H,14,15). The van der Waals surface area contributed by atoms with Crippen molar-refractivity contribution in [3.63, 3.8) is 0 Å². The van der Waals surface area contributed by atoms with Gasteiger partial charge in [0.2, 0.25) is 5.91 Å². The molecule has 1 fully saturated rings. The van der Waals surface area contributed by atoms with E-state index >= 15 is 0 Å². The fourth-order valence-corrected chi connectivity index (χ4v) is 1.86. The molecule has 0 aliphatic carbocycles. The molecule has 1 aliphatic heterocycles. The molecule has 0 spiro atoms. The van der Waals surface area contributed by atoms with Crippen LogP contribution >= 0.6 is 15.9 Å². The van der Waals surface area contributed by atoms with Crippen LogP contribution in [0.5, 0.6) is 5.75 Å². The first kappa shape index (κ1) is 11.4. The Labute approximate surface area is 102 Å². The summed E-state index contributed by atoms with van der Waals surface area (Å²) in [4.78, 5) is 11.7. The molecule has 4 nitrogen and oxygen atoms in total. The minimum atomic E-state index is 0.0584. The number of nitrogens with one attached hydrogen (secondary N) is 2. The van der Waals surface area contributed by atoms with Crippen molar-refractivity contribution in [1.82, 2.24) is 5.32 Å². The van der Waals surface area contributed by atoms with Crippen LogP contribution in [0, 0.1) is 5.92 Å². The van der Waals surface area contributed by atoms with Crippen molar-refractivity contribution < 1.29 is 9.53 Å². The lowest BCUT2D eigenvalue weighted by molar-refractivity contribution is -0.121. The van der Waals surface area contributed by atoms with Gasteiger partial charge in [-0.3, -0.25) is 4.79 Å². The molecule has 0 unspecified atom stereocenters. The average molecular weight is 285 g/mol. The zero-order chi connectivity index (χ0) is 11.5. The number of rotatable bonds is 3.